The van der Waals surface area contributed by atoms with Gasteiger partial charge in [-0.25, -0.2) is 14.1 Å². The van der Waals surface area contributed by atoms with Gasteiger partial charge < -0.3 is 0 Å². The van der Waals surface area contributed by atoms with Gasteiger partial charge in [-0.15, -0.1) is 0 Å². The molecule has 1 fully saturated rings. The highest BCUT2D eigenvalue weighted by atomic mass is 19.1. The molecule has 4 rings (SSSR count). The van der Waals surface area contributed by atoms with Crippen LogP contribution < -0.4 is 4.90 Å². The molecule has 1 saturated heterocycles. The van der Waals surface area contributed by atoms with Crippen molar-refractivity contribution in [3.8, 4) is 0 Å². The molecule has 0 bridgehead atoms. The second-order valence-corrected chi connectivity index (χ2v) is 6.10. The number of anilines is 1. The van der Waals surface area contributed by atoms with Crippen LogP contribution in [0.4, 0.5) is 14.9 Å². The second kappa shape index (κ2) is 5.01. The van der Waals surface area contributed by atoms with E-state index in [0.29, 0.717) is 0 Å². The molecule has 2 aliphatic heterocycles. The summed E-state index contributed by atoms with van der Waals surface area (Å²) >= 11 is 0. The van der Waals surface area contributed by atoms with Crippen molar-refractivity contribution in [3.05, 3.63) is 41.0 Å². The van der Waals surface area contributed by atoms with Gasteiger partial charge in [0.05, 0.1) is 11.4 Å². The third-order valence-electron chi connectivity index (χ3n) is 4.57. The van der Waals surface area contributed by atoms with Crippen molar-refractivity contribution in [1.29, 1.82) is 0 Å². The van der Waals surface area contributed by atoms with Crippen molar-refractivity contribution < 1.29 is 14.0 Å². The fraction of sp³-hybridized carbons (Fsp3) is 0.353. The number of rotatable bonds is 1. The number of nitrogens with zero attached hydrogens (tertiary/aromatic N) is 3. The fourth-order valence-electron chi connectivity index (χ4n) is 3.43. The van der Waals surface area contributed by atoms with Crippen molar-refractivity contribution in [2.24, 2.45) is 4.99 Å². The smallest absolute Gasteiger partial charge is 0.278 e. The Labute approximate surface area is 133 Å². The number of aryl methyl sites for hydroxylation is 1. The number of amides is 3. The molecule has 1 aromatic carbocycles. The van der Waals surface area contributed by atoms with Crippen LogP contribution in [-0.2, 0) is 4.79 Å². The second-order valence-electron chi connectivity index (χ2n) is 6.10. The molecule has 2 heterocycles. The lowest BCUT2D eigenvalue weighted by atomic mass is 9.98. The minimum Gasteiger partial charge on any atom is -0.278 e. The van der Waals surface area contributed by atoms with Crippen molar-refractivity contribution in [3.63, 3.8) is 0 Å². The summed E-state index contributed by atoms with van der Waals surface area (Å²) in [5.74, 6) is -1.01. The molecule has 5 nitrogen and oxygen atoms in total. The number of fused-ring (bicyclic) bond motifs is 2. The van der Waals surface area contributed by atoms with Crippen LogP contribution >= 0.6 is 0 Å². The molecule has 118 valence electrons. The highest BCUT2D eigenvalue weighted by Gasteiger charge is 2.49. The molecule has 1 aromatic rings. The Balaban J connectivity index is 1.78. The number of carbonyl (C=O) groups excluding carboxylic acids is 2. The van der Waals surface area contributed by atoms with E-state index in [2.05, 4.69) is 4.99 Å². The largest absolute Gasteiger partial charge is 0.336 e. The molecule has 1 unspecified atom stereocenters. The fourth-order valence-corrected chi connectivity index (χ4v) is 3.43. The highest BCUT2D eigenvalue weighted by molar-refractivity contribution is 6.27. The molecule has 6 heteroatoms. The lowest BCUT2D eigenvalue weighted by Gasteiger charge is -2.30. The Bertz CT molecular complexity index is 784. The van der Waals surface area contributed by atoms with Crippen LogP contribution in [0.3, 0.4) is 0 Å². The van der Waals surface area contributed by atoms with Gasteiger partial charge in [-0.05, 0) is 50.3 Å². The van der Waals surface area contributed by atoms with Gasteiger partial charge in [-0.1, -0.05) is 6.07 Å². The first kappa shape index (κ1) is 14.1. The van der Waals surface area contributed by atoms with Gasteiger partial charge in [-0.3, -0.25) is 14.7 Å². The maximum Gasteiger partial charge on any atom is 0.336 e. The highest BCUT2D eigenvalue weighted by Crippen LogP contribution is 2.37. The molecule has 0 aromatic heterocycles. The predicted molar refractivity (Wildman–Crippen MR) is 83.6 cm³/mol. The van der Waals surface area contributed by atoms with Crippen molar-refractivity contribution in [2.45, 2.75) is 38.6 Å². The van der Waals surface area contributed by atoms with Crippen molar-refractivity contribution >= 4 is 23.8 Å². The molecule has 23 heavy (non-hydrogen) atoms. The Morgan fingerprint density at radius 1 is 1.22 bits per heavy atom. The summed E-state index contributed by atoms with van der Waals surface area (Å²) in [6.45, 7) is 1.76. The Morgan fingerprint density at radius 2 is 2.00 bits per heavy atom. The van der Waals surface area contributed by atoms with Gasteiger partial charge in [0.1, 0.15) is 5.82 Å². The summed E-state index contributed by atoms with van der Waals surface area (Å²) < 4.78 is 14.2. The van der Waals surface area contributed by atoms with Crippen molar-refractivity contribution in [1.82, 2.24) is 4.90 Å². The minimum atomic E-state index is -0.750. The van der Waals surface area contributed by atoms with E-state index in [0.717, 1.165) is 47.5 Å². The predicted octanol–water partition coefficient (Wildman–Crippen LogP) is 3.14. The number of imide groups is 1. The lowest BCUT2D eigenvalue weighted by molar-refractivity contribution is -0.117. The van der Waals surface area contributed by atoms with Gasteiger partial charge in [0, 0.05) is 11.9 Å². The molecule has 0 N–H and O–H groups in total. The van der Waals surface area contributed by atoms with E-state index < -0.39 is 23.8 Å². The zero-order valence-electron chi connectivity index (χ0n) is 12.8. The summed E-state index contributed by atoms with van der Waals surface area (Å²) in [4.78, 5) is 32.2. The van der Waals surface area contributed by atoms with Gasteiger partial charge >= 0.3 is 6.03 Å². The van der Waals surface area contributed by atoms with E-state index in [1.807, 2.05) is 0 Å². The summed E-state index contributed by atoms with van der Waals surface area (Å²) in [6, 6.07) is 3.26. The van der Waals surface area contributed by atoms with Crippen LogP contribution in [0.15, 0.2) is 34.6 Å². The average Bonchev–Trinajstić information content (AvgIpc) is 2.80. The van der Waals surface area contributed by atoms with E-state index in [9.17, 15) is 14.0 Å². The average molecular weight is 313 g/mol. The first-order valence-electron chi connectivity index (χ1n) is 7.77. The van der Waals surface area contributed by atoms with Crippen LogP contribution in [0.25, 0.3) is 0 Å². The number of allylic oxidation sites excluding steroid dienone is 2. The quantitative estimate of drug-likeness (QED) is 0.748. The molecule has 0 spiro atoms. The van der Waals surface area contributed by atoms with Crippen LogP contribution in [0, 0.1) is 12.7 Å². The number of hydrogen-bond acceptors (Lipinski definition) is 3. The Kier molecular flexibility index (Phi) is 3.07. The van der Waals surface area contributed by atoms with Gasteiger partial charge in [0.25, 0.3) is 5.91 Å². The van der Waals surface area contributed by atoms with Crippen LogP contribution in [0.5, 0.6) is 0 Å². The number of carbonyl (C=O) groups is 2. The third kappa shape index (κ3) is 2.01. The molecular weight excluding hydrogens is 297 g/mol. The summed E-state index contributed by atoms with van der Waals surface area (Å²) in [5.41, 5.74) is 2.44. The maximum atomic E-state index is 14.2. The standard InChI is InChI=1S/C17H16FN3O2/c1-10-6-7-13(11(18)8-10)21-16(22)15-9-19-12-4-2-3-5-14(12)20(15)17(21)23/h6-9,15H,2-5H2,1H3. The molecule has 1 atom stereocenters. The number of halogens is 1. The summed E-state index contributed by atoms with van der Waals surface area (Å²) in [7, 11) is 0. The molecule has 3 amide bonds. The van der Waals surface area contributed by atoms with E-state index in [-0.39, 0.29) is 5.69 Å². The molecule has 1 aliphatic carbocycles. The number of urea groups is 1. The monoisotopic (exact) mass is 313 g/mol. The first-order chi connectivity index (χ1) is 11.1. The minimum absolute atomic E-state index is 0.00589. The SMILES string of the molecule is Cc1ccc(N2C(=O)C3C=NC4=C(CCCC4)N3C2=O)c(F)c1. The van der Waals surface area contributed by atoms with Crippen LogP contribution in [-0.4, -0.2) is 29.1 Å². The number of aliphatic imine (C=N–C) groups is 1. The Morgan fingerprint density at radius 3 is 2.78 bits per heavy atom. The first-order valence-corrected chi connectivity index (χ1v) is 7.77. The van der Waals surface area contributed by atoms with Gasteiger partial charge in [0.15, 0.2) is 6.04 Å². The van der Waals surface area contributed by atoms with Gasteiger partial charge in [-0.2, -0.15) is 0 Å². The van der Waals surface area contributed by atoms with Crippen molar-refractivity contribution in [2.75, 3.05) is 4.90 Å². The number of benzene rings is 1. The molecule has 0 radical (unpaired) electrons. The van der Waals surface area contributed by atoms with E-state index in [1.54, 1.807) is 13.0 Å². The van der Waals surface area contributed by atoms with E-state index in [1.165, 1.54) is 23.2 Å². The summed E-state index contributed by atoms with van der Waals surface area (Å²) in [5, 5.41) is 0. The zero-order valence-corrected chi connectivity index (χ0v) is 12.8. The van der Waals surface area contributed by atoms with Gasteiger partial charge in [0.2, 0.25) is 0 Å². The molecule has 0 saturated carbocycles. The topological polar surface area (TPSA) is 53.0 Å². The van der Waals surface area contributed by atoms with Crippen LogP contribution in [0.2, 0.25) is 0 Å². The number of hydrogen-bond donors (Lipinski definition) is 0. The van der Waals surface area contributed by atoms with Crippen LogP contribution in [0.1, 0.15) is 31.2 Å². The zero-order chi connectivity index (χ0) is 16.1. The maximum absolute atomic E-state index is 14.2. The lowest BCUT2D eigenvalue weighted by Crippen LogP contribution is -2.39. The molecular formula is C17H16FN3O2. The third-order valence-corrected chi connectivity index (χ3v) is 4.57. The van der Waals surface area contributed by atoms with E-state index in [4.69, 9.17) is 0 Å². The normalized spacial score (nSPS) is 23.5. The Hall–Kier alpha value is -2.50. The molecule has 3 aliphatic rings. The summed E-state index contributed by atoms with van der Waals surface area (Å²) in [6.07, 6.45) is 5.06. The van der Waals surface area contributed by atoms with E-state index >= 15 is 0 Å².